The van der Waals surface area contributed by atoms with E-state index in [0.717, 1.165) is 23.7 Å². The van der Waals surface area contributed by atoms with Gasteiger partial charge in [0, 0.05) is 11.5 Å². The molecule has 1 aromatic carbocycles. The van der Waals surface area contributed by atoms with Crippen LogP contribution >= 0.6 is 12.4 Å². The van der Waals surface area contributed by atoms with Crippen LogP contribution in [0.4, 0.5) is 0 Å². The van der Waals surface area contributed by atoms with Crippen LogP contribution in [0.5, 0.6) is 0 Å². The molecule has 5 aliphatic rings. The van der Waals surface area contributed by atoms with Crippen LogP contribution in [0.3, 0.4) is 0 Å². The summed E-state index contributed by atoms with van der Waals surface area (Å²) < 4.78 is 0. The molecule has 4 saturated carbocycles. The number of hydrogen-bond acceptors (Lipinski definition) is 1. The second-order valence-electron chi connectivity index (χ2n) is 7.40. The first-order valence-corrected chi connectivity index (χ1v) is 7.63. The number of benzene rings is 1. The number of fused-ring (bicyclic) bond motifs is 1. The van der Waals surface area contributed by atoms with Gasteiger partial charge < -0.3 is 5.73 Å². The van der Waals surface area contributed by atoms with Crippen LogP contribution in [0.2, 0.25) is 0 Å². The Morgan fingerprint density at radius 1 is 1.00 bits per heavy atom. The molecule has 0 aromatic heterocycles. The van der Waals surface area contributed by atoms with Gasteiger partial charge in [0.05, 0.1) is 0 Å². The summed E-state index contributed by atoms with van der Waals surface area (Å²) in [6, 6.07) is 9.42. The fourth-order valence-electron chi connectivity index (χ4n) is 6.55. The van der Waals surface area contributed by atoms with Crippen LogP contribution in [0, 0.1) is 23.7 Å². The van der Waals surface area contributed by atoms with Gasteiger partial charge in [-0.05, 0) is 66.9 Å². The summed E-state index contributed by atoms with van der Waals surface area (Å²) >= 11 is 0. The SMILES string of the molecule is Cl.N[C@@H]1c2ccccc2C23CC4CC(CC(C4)[C@H]12)C3. The van der Waals surface area contributed by atoms with Gasteiger partial charge in [-0.15, -0.1) is 12.4 Å². The van der Waals surface area contributed by atoms with Gasteiger partial charge in [-0.3, -0.25) is 0 Å². The molecule has 4 bridgehead atoms. The van der Waals surface area contributed by atoms with Crippen molar-refractivity contribution in [3.8, 4) is 0 Å². The lowest BCUT2D eigenvalue weighted by Crippen LogP contribution is -2.54. The average Bonchev–Trinajstić information content (AvgIpc) is 2.60. The van der Waals surface area contributed by atoms with Crippen molar-refractivity contribution in [2.75, 3.05) is 0 Å². The van der Waals surface area contributed by atoms with Gasteiger partial charge in [-0.1, -0.05) is 24.3 Å². The lowest BCUT2D eigenvalue weighted by Gasteiger charge is -2.60. The van der Waals surface area contributed by atoms with E-state index in [2.05, 4.69) is 24.3 Å². The zero-order valence-electron chi connectivity index (χ0n) is 11.2. The Morgan fingerprint density at radius 3 is 2.42 bits per heavy atom. The molecule has 4 fully saturated rings. The number of nitrogens with two attached hydrogens (primary N) is 1. The molecule has 5 aliphatic carbocycles. The predicted octanol–water partition coefficient (Wildman–Crippen LogP) is 3.82. The van der Waals surface area contributed by atoms with Gasteiger partial charge in [0.15, 0.2) is 0 Å². The molecule has 2 unspecified atom stereocenters. The second kappa shape index (κ2) is 3.77. The number of halogens is 1. The highest BCUT2D eigenvalue weighted by Crippen LogP contribution is 2.69. The molecule has 1 nitrogen and oxygen atoms in total. The third-order valence-electron chi connectivity index (χ3n) is 6.63. The Labute approximate surface area is 121 Å². The van der Waals surface area contributed by atoms with Crippen molar-refractivity contribution >= 4 is 12.4 Å². The monoisotopic (exact) mass is 275 g/mol. The average molecular weight is 276 g/mol. The zero-order valence-corrected chi connectivity index (χ0v) is 12.0. The Kier molecular flexibility index (Phi) is 2.42. The molecular formula is C17H22ClN. The third kappa shape index (κ3) is 1.31. The lowest BCUT2D eigenvalue weighted by atomic mass is 9.45. The van der Waals surface area contributed by atoms with Crippen molar-refractivity contribution in [2.45, 2.75) is 43.6 Å². The molecule has 2 N–H and O–H groups in total. The molecule has 19 heavy (non-hydrogen) atoms. The highest BCUT2D eigenvalue weighted by atomic mass is 35.5. The fourth-order valence-corrected chi connectivity index (χ4v) is 6.55. The topological polar surface area (TPSA) is 26.0 Å². The first kappa shape index (κ1) is 12.2. The summed E-state index contributed by atoms with van der Waals surface area (Å²) in [6.45, 7) is 0. The van der Waals surface area contributed by atoms with Crippen molar-refractivity contribution < 1.29 is 0 Å². The van der Waals surface area contributed by atoms with Gasteiger partial charge in [0.25, 0.3) is 0 Å². The van der Waals surface area contributed by atoms with E-state index in [0.29, 0.717) is 11.5 Å². The first-order valence-electron chi connectivity index (χ1n) is 7.63. The molecular weight excluding hydrogens is 254 g/mol. The van der Waals surface area contributed by atoms with E-state index < -0.39 is 0 Å². The highest BCUT2D eigenvalue weighted by Gasteiger charge is 2.62. The molecule has 0 radical (unpaired) electrons. The summed E-state index contributed by atoms with van der Waals surface area (Å²) in [6.07, 6.45) is 7.35. The first-order chi connectivity index (χ1) is 8.78. The fraction of sp³-hybridized carbons (Fsp3) is 0.647. The van der Waals surface area contributed by atoms with Crippen LogP contribution in [0.15, 0.2) is 24.3 Å². The highest BCUT2D eigenvalue weighted by molar-refractivity contribution is 5.85. The van der Waals surface area contributed by atoms with Crippen LogP contribution < -0.4 is 5.73 Å². The molecule has 102 valence electrons. The molecule has 2 heteroatoms. The van der Waals surface area contributed by atoms with E-state index in [1.165, 1.54) is 37.7 Å². The summed E-state index contributed by atoms with van der Waals surface area (Å²) in [7, 11) is 0. The minimum Gasteiger partial charge on any atom is -0.324 e. The minimum atomic E-state index is 0. The van der Waals surface area contributed by atoms with E-state index >= 15 is 0 Å². The normalized spacial score (nSPS) is 48.6. The molecule has 0 saturated heterocycles. The van der Waals surface area contributed by atoms with E-state index in [9.17, 15) is 0 Å². The van der Waals surface area contributed by atoms with Gasteiger partial charge in [-0.25, -0.2) is 0 Å². The Balaban J connectivity index is 0.000000968. The Hall–Kier alpha value is -0.530. The maximum atomic E-state index is 6.65. The van der Waals surface area contributed by atoms with E-state index in [-0.39, 0.29) is 12.4 Å². The molecule has 0 amide bonds. The number of rotatable bonds is 0. The second-order valence-corrected chi connectivity index (χ2v) is 7.40. The Morgan fingerprint density at radius 2 is 1.68 bits per heavy atom. The molecule has 0 aliphatic heterocycles. The van der Waals surface area contributed by atoms with Crippen molar-refractivity contribution in [1.29, 1.82) is 0 Å². The summed E-state index contributed by atoms with van der Waals surface area (Å²) in [5.74, 6) is 3.72. The molecule has 6 rings (SSSR count). The van der Waals surface area contributed by atoms with Crippen LogP contribution in [0.25, 0.3) is 0 Å². The van der Waals surface area contributed by atoms with E-state index in [1.54, 1.807) is 5.56 Å². The maximum Gasteiger partial charge on any atom is 0.0337 e. The molecule has 0 heterocycles. The standard InChI is InChI=1S/C17H21N.ClH/c18-16-13-3-1-2-4-14(13)17-8-10-5-11(9-17)7-12(6-10)15(16)17;/h1-4,10-12,15-16H,5-9,18H2;1H/t10?,11?,12?,15-,16-,17?;/m1./s1. The summed E-state index contributed by atoms with van der Waals surface area (Å²) in [5.41, 5.74) is 10.3. The smallest absolute Gasteiger partial charge is 0.0337 e. The van der Waals surface area contributed by atoms with Gasteiger partial charge in [0.1, 0.15) is 0 Å². The molecule has 1 spiro atoms. The van der Waals surface area contributed by atoms with Crippen molar-refractivity contribution in [2.24, 2.45) is 29.4 Å². The number of hydrogen-bond donors (Lipinski definition) is 1. The van der Waals surface area contributed by atoms with E-state index in [1.807, 2.05) is 0 Å². The van der Waals surface area contributed by atoms with Gasteiger partial charge in [0.2, 0.25) is 0 Å². The van der Waals surface area contributed by atoms with Gasteiger partial charge >= 0.3 is 0 Å². The van der Waals surface area contributed by atoms with Crippen molar-refractivity contribution in [3.63, 3.8) is 0 Å². The van der Waals surface area contributed by atoms with Crippen molar-refractivity contribution in [3.05, 3.63) is 35.4 Å². The molecule has 4 atom stereocenters. The summed E-state index contributed by atoms with van der Waals surface area (Å²) in [4.78, 5) is 0. The van der Waals surface area contributed by atoms with E-state index in [4.69, 9.17) is 5.73 Å². The lowest BCUT2D eigenvalue weighted by molar-refractivity contribution is -0.0606. The predicted molar refractivity (Wildman–Crippen MR) is 79.3 cm³/mol. The maximum absolute atomic E-state index is 6.65. The molecule has 1 aromatic rings. The van der Waals surface area contributed by atoms with Crippen LogP contribution in [-0.2, 0) is 5.41 Å². The third-order valence-corrected chi connectivity index (χ3v) is 6.63. The quantitative estimate of drug-likeness (QED) is 0.765. The summed E-state index contributed by atoms with van der Waals surface area (Å²) in [5, 5.41) is 0. The zero-order chi connectivity index (χ0) is 11.9. The van der Waals surface area contributed by atoms with Crippen molar-refractivity contribution in [1.82, 2.24) is 0 Å². The minimum absolute atomic E-state index is 0. The van der Waals surface area contributed by atoms with Crippen LogP contribution in [-0.4, -0.2) is 0 Å². The largest absolute Gasteiger partial charge is 0.324 e. The van der Waals surface area contributed by atoms with Crippen LogP contribution in [0.1, 0.15) is 49.3 Å². The van der Waals surface area contributed by atoms with Gasteiger partial charge in [-0.2, -0.15) is 0 Å². The Bertz CT molecular complexity index is 512.